The zero-order chi connectivity index (χ0) is 35.4. The van der Waals surface area contributed by atoms with Gasteiger partial charge < -0.3 is 0 Å². The van der Waals surface area contributed by atoms with Crippen LogP contribution >= 0.6 is 0 Å². The second-order valence-corrected chi connectivity index (χ2v) is 13.0. The molecular weight excluding hydrogens is 633 g/mol. The van der Waals surface area contributed by atoms with Crippen molar-refractivity contribution in [2.75, 3.05) is 0 Å². The quantitative estimate of drug-likeness (QED) is 0.161. The summed E-state index contributed by atoms with van der Waals surface area (Å²) in [5, 5.41) is 2.43. The maximum absolute atomic E-state index is 5.15. The number of aromatic nitrogens is 4. The molecule has 0 aliphatic rings. The molecule has 0 aliphatic heterocycles. The number of pyridine rings is 1. The second-order valence-electron chi connectivity index (χ2n) is 13.0. The molecule has 4 nitrogen and oxygen atoms in total. The minimum atomic E-state index is 0.623. The normalized spacial score (nSPS) is 11.4. The van der Waals surface area contributed by atoms with Gasteiger partial charge in [-0.1, -0.05) is 134 Å². The highest BCUT2D eigenvalue weighted by atomic mass is 15.0. The molecule has 0 saturated heterocycles. The first-order chi connectivity index (χ1) is 25.6. The summed E-state index contributed by atoms with van der Waals surface area (Å²) in [5.41, 5.74) is 13.0. The van der Waals surface area contributed by atoms with Crippen molar-refractivity contribution >= 4 is 16.8 Å². The molecule has 0 aliphatic carbocycles. The number of rotatable bonds is 8. The number of hydrogen-bond acceptors (Lipinski definition) is 4. The van der Waals surface area contributed by atoms with Crippen LogP contribution in [0.2, 0.25) is 0 Å². The first-order valence-electron chi connectivity index (χ1n) is 17.8. The molecule has 52 heavy (non-hydrogen) atoms. The number of allylic oxidation sites excluding steroid dienone is 1. The SMILES string of the molecule is C/C=C\c1c(CC)cc2ccccc2c1-c1cc(-c2cccc(-c3ccc(C)nc3)c2)cc(-c2nc(-c3ccccc3)nc(-c3ccccc3)n2)c1. The van der Waals surface area contributed by atoms with E-state index in [2.05, 4.69) is 116 Å². The van der Waals surface area contributed by atoms with Gasteiger partial charge in [-0.25, -0.2) is 15.0 Å². The van der Waals surface area contributed by atoms with Gasteiger partial charge in [-0.15, -0.1) is 0 Å². The first kappa shape index (κ1) is 32.7. The maximum Gasteiger partial charge on any atom is 0.164 e. The topological polar surface area (TPSA) is 51.6 Å². The highest BCUT2D eigenvalue weighted by Gasteiger charge is 2.18. The summed E-state index contributed by atoms with van der Waals surface area (Å²) < 4.78 is 0. The van der Waals surface area contributed by atoms with E-state index in [1.165, 1.54) is 27.5 Å². The molecule has 2 aromatic heterocycles. The van der Waals surface area contributed by atoms with Crippen molar-refractivity contribution in [1.82, 2.24) is 19.9 Å². The molecule has 0 saturated carbocycles. The lowest BCUT2D eigenvalue weighted by Gasteiger charge is -2.18. The lowest BCUT2D eigenvalue weighted by molar-refractivity contribution is 1.07. The van der Waals surface area contributed by atoms with Crippen molar-refractivity contribution in [3.63, 3.8) is 0 Å². The van der Waals surface area contributed by atoms with Gasteiger partial charge in [0, 0.05) is 34.1 Å². The van der Waals surface area contributed by atoms with E-state index in [4.69, 9.17) is 15.0 Å². The van der Waals surface area contributed by atoms with Gasteiger partial charge in [0.1, 0.15) is 0 Å². The smallest absolute Gasteiger partial charge is 0.164 e. The lowest BCUT2D eigenvalue weighted by atomic mass is 9.86. The molecule has 0 atom stereocenters. The van der Waals surface area contributed by atoms with Crippen LogP contribution in [0.1, 0.15) is 30.7 Å². The maximum atomic E-state index is 5.15. The lowest BCUT2D eigenvalue weighted by Crippen LogP contribution is -2.01. The van der Waals surface area contributed by atoms with Gasteiger partial charge in [0.2, 0.25) is 0 Å². The second kappa shape index (κ2) is 14.4. The zero-order valence-electron chi connectivity index (χ0n) is 29.6. The largest absolute Gasteiger partial charge is 0.261 e. The molecular formula is C48H38N4. The molecule has 0 N–H and O–H groups in total. The molecule has 8 aromatic rings. The molecule has 8 rings (SSSR count). The van der Waals surface area contributed by atoms with Crippen molar-refractivity contribution in [3.05, 3.63) is 175 Å². The number of nitrogens with zero attached hydrogens (tertiary/aromatic N) is 4. The standard InChI is InChI=1S/C48H38N4/c1-4-15-43-33(5-2)26-38-20-12-13-23-44(38)45(43)41-28-40(37-22-14-21-36(27-37)39-25-24-32(3)49-31-39)29-42(30-41)48-51-46(34-16-8-6-9-17-34)50-47(52-48)35-18-10-7-11-19-35/h4,6-31H,5H2,1-3H3/b15-4-. The summed E-state index contributed by atoms with van der Waals surface area (Å²) in [7, 11) is 0. The molecule has 4 heteroatoms. The van der Waals surface area contributed by atoms with Crippen LogP contribution in [0.5, 0.6) is 0 Å². The van der Waals surface area contributed by atoms with Crippen LogP contribution in [0.3, 0.4) is 0 Å². The van der Waals surface area contributed by atoms with E-state index in [9.17, 15) is 0 Å². The Kier molecular flexibility index (Phi) is 9.03. The summed E-state index contributed by atoms with van der Waals surface area (Å²) in [6, 6.07) is 51.0. The Morgan fingerprint density at radius 3 is 1.69 bits per heavy atom. The third kappa shape index (κ3) is 6.55. The minimum Gasteiger partial charge on any atom is -0.261 e. The van der Waals surface area contributed by atoms with E-state index in [1.54, 1.807) is 0 Å². The van der Waals surface area contributed by atoms with E-state index < -0.39 is 0 Å². The van der Waals surface area contributed by atoms with Gasteiger partial charge in [-0.05, 0) is 100 Å². The van der Waals surface area contributed by atoms with Gasteiger partial charge in [-0.3, -0.25) is 4.98 Å². The van der Waals surface area contributed by atoms with Gasteiger partial charge in [0.15, 0.2) is 17.5 Å². The van der Waals surface area contributed by atoms with E-state index in [1.807, 2.05) is 73.8 Å². The van der Waals surface area contributed by atoms with E-state index in [-0.39, 0.29) is 0 Å². The fraction of sp³-hybridized carbons (Fsp3) is 0.0833. The van der Waals surface area contributed by atoms with Crippen LogP contribution in [0.15, 0.2) is 158 Å². The molecule has 2 heterocycles. The Hall–Kier alpha value is -6.52. The predicted octanol–water partition coefficient (Wildman–Crippen LogP) is 12.3. The summed E-state index contributed by atoms with van der Waals surface area (Å²) in [5.74, 6) is 1.90. The van der Waals surface area contributed by atoms with Gasteiger partial charge in [-0.2, -0.15) is 0 Å². The Bertz CT molecular complexity index is 2500. The molecule has 250 valence electrons. The molecule has 0 fully saturated rings. The van der Waals surface area contributed by atoms with Gasteiger partial charge in [0.25, 0.3) is 0 Å². The highest BCUT2D eigenvalue weighted by Crippen LogP contribution is 2.40. The van der Waals surface area contributed by atoms with Crippen LogP contribution in [-0.2, 0) is 6.42 Å². The van der Waals surface area contributed by atoms with Gasteiger partial charge >= 0.3 is 0 Å². The number of aryl methyl sites for hydroxylation is 2. The Morgan fingerprint density at radius 1 is 0.500 bits per heavy atom. The fourth-order valence-electron chi connectivity index (χ4n) is 6.90. The molecule has 0 unspecified atom stereocenters. The van der Waals surface area contributed by atoms with Crippen molar-refractivity contribution in [3.8, 4) is 67.5 Å². The highest BCUT2D eigenvalue weighted by molar-refractivity contribution is 6.03. The summed E-state index contributed by atoms with van der Waals surface area (Å²) in [4.78, 5) is 19.9. The van der Waals surface area contributed by atoms with Crippen LogP contribution < -0.4 is 0 Å². The first-order valence-corrected chi connectivity index (χ1v) is 17.8. The Morgan fingerprint density at radius 2 is 1.06 bits per heavy atom. The van der Waals surface area contributed by atoms with Crippen molar-refractivity contribution in [1.29, 1.82) is 0 Å². The molecule has 0 spiro atoms. The van der Waals surface area contributed by atoms with Crippen LogP contribution in [-0.4, -0.2) is 19.9 Å². The summed E-state index contributed by atoms with van der Waals surface area (Å²) in [6.45, 7) is 6.34. The Labute approximate surface area is 305 Å². The third-order valence-electron chi connectivity index (χ3n) is 9.51. The molecule has 0 radical (unpaired) electrons. The van der Waals surface area contributed by atoms with Crippen LogP contribution in [0, 0.1) is 6.92 Å². The third-order valence-corrected chi connectivity index (χ3v) is 9.51. The molecule has 6 aromatic carbocycles. The van der Waals surface area contributed by atoms with Crippen LogP contribution in [0.4, 0.5) is 0 Å². The van der Waals surface area contributed by atoms with Crippen molar-refractivity contribution in [2.45, 2.75) is 27.2 Å². The fourth-order valence-corrected chi connectivity index (χ4v) is 6.90. The summed E-state index contributed by atoms with van der Waals surface area (Å²) >= 11 is 0. The Balaban J connectivity index is 1.42. The number of hydrogen-bond donors (Lipinski definition) is 0. The van der Waals surface area contributed by atoms with E-state index >= 15 is 0 Å². The van der Waals surface area contributed by atoms with Crippen LogP contribution in [0.25, 0.3) is 84.4 Å². The minimum absolute atomic E-state index is 0.623. The monoisotopic (exact) mass is 670 g/mol. The average Bonchev–Trinajstić information content (AvgIpc) is 3.21. The van der Waals surface area contributed by atoms with Crippen molar-refractivity contribution in [2.24, 2.45) is 0 Å². The average molecular weight is 671 g/mol. The van der Waals surface area contributed by atoms with Gasteiger partial charge in [0.05, 0.1) is 0 Å². The van der Waals surface area contributed by atoms with E-state index in [0.29, 0.717) is 17.5 Å². The van der Waals surface area contributed by atoms with E-state index in [0.717, 1.165) is 56.6 Å². The zero-order valence-corrected chi connectivity index (χ0v) is 29.6. The molecule has 0 bridgehead atoms. The number of fused-ring (bicyclic) bond motifs is 1. The van der Waals surface area contributed by atoms with Crippen molar-refractivity contribution < 1.29 is 0 Å². The number of benzene rings is 6. The predicted molar refractivity (Wildman–Crippen MR) is 217 cm³/mol. The molecule has 0 amide bonds. The summed E-state index contributed by atoms with van der Waals surface area (Å²) in [6.07, 6.45) is 7.26.